The Kier molecular flexibility index (Phi) is 6.57. The number of thiophene rings is 1. The lowest BCUT2D eigenvalue weighted by atomic mass is 10.1. The maximum Gasteiger partial charge on any atom is 0.333 e. The zero-order valence-corrected chi connectivity index (χ0v) is 21.8. The number of H-pyrrole nitrogens is 1. The van der Waals surface area contributed by atoms with Gasteiger partial charge in [-0.2, -0.15) is 5.10 Å². The predicted octanol–water partition coefficient (Wildman–Crippen LogP) is 4.01. The number of hydrogen-bond acceptors (Lipinski definition) is 8. The van der Waals surface area contributed by atoms with E-state index in [0.717, 1.165) is 5.69 Å². The van der Waals surface area contributed by atoms with Crippen LogP contribution in [-0.4, -0.2) is 66.3 Å². The number of nitrogens with zero attached hydrogens (tertiary/aromatic N) is 2. The van der Waals surface area contributed by atoms with Crippen molar-refractivity contribution >= 4 is 46.1 Å². The largest absolute Gasteiger partial charge is 0.388 e. The molecule has 39 heavy (non-hydrogen) atoms. The Labute approximate surface area is 227 Å². The molecule has 0 spiro atoms. The van der Waals surface area contributed by atoms with Crippen molar-refractivity contribution in [3.05, 3.63) is 70.6 Å². The Bertz CT molecular complexity index is 1570. The van der Waals surface area contributed by atoms with E-state index in [1.165, 1.54) is 11.3 Å². The van der Waals surface area contributed by atoms with Gasteiger partial charge in [-0.15, -0.1) is 11.3 Å². The molecule has 0 atom stereocenters. The van der Waals surface area contributed by atoms with Gasteiger partial charge in [0.2, 0.25) is 0 Å². The van der Waals surface area contributed by atoms with E-state index in [1.54, 1.807) is 35.3 Å². The van der Waals surface area contributed by atoms with E-state index in [4.69, 9.17) is 4.74 Å². The summed E-state index contributed by atoms with van der Waals surface area (Å²) in [5.41, 5.74) is 7.33. The van der Waals surface area contributed by atoms with Crippen molar-refractivity contribution in [1.29, 1.82) is 0 Å². The van der Waals surface area contributed by atoms with Gasteiger partial charge in [0.05, 0.1) is 45.5 Å². The molecule has 0 unspecified atom stereocenters. The maximum absolute atomic E-state index is 13.6. The first-order chi connectivity index (χ1) is 19.0. The Morgan fingerprint density at radius 2 is 1.74 bits per heavy atom. The number of carbonyl (C=O) groups is 3. The number of hydrogen-bond donors (Lipinski definition) is 5. The normalized spacial score (nSPS) is 14.4. The zero-order chi connectivity index (χ0) is 26.9. The summed E-state index contributed by atoms with van der Waals surface area (Å²) in [7, 11) is 1.83. The van der Waals surface area contributed by atoms with Crippen LogP contribution in [0.4, 0.5) is 21.9 Å². The summed E-state index contributed by atoms with van der Waals surface area (Å²) in [6, 6.07) is 15.8. The van der Waals surface area contributed by atoms with Crippen molar-refractivity contribution < 1.29 is 19.1 Å². The molecule has 3 amide bonds. The van der Waals surface area contributed by atoms with Crippen molar-refractivity contribution in [2.75, 3.05) is 49.3 Å². The molecule has 6 rings (SSSR count). The van der Waals surface area contributed by atoms with E-state index >= 15 is 0 Å². The van der Waals surface area contributed by atoms with E-state index < -0.39 is 6.03 Å². The average Bonchev–Trinajstić information content (AvgIpc) is 3.67. The molecule has 0 bridgehead atoms. The number of anilines is 3. The molecular weight excluding hydrogens is 518 g/mol. The fourth-order valence-electron chi connectivity index (χ4n) is 4.64. The van der Waals surface area contributed by atoms with E-state index in [2.05, 4.69) is 31.6 Å². The van der Waals surface area contributed by atoms with Crippen LogP contribution in [0.25, 0.3) is 21.8 Å². The summed E-state index contributed by atoms with van der Waals surface area (Å²) in [6.45, 7) is 2.25. The number of hydrazine groups is 1. The van der Waals surface area contributed by atoms with Crippen molar-refractivity contribution in [2.24, 2.45) is 0 Å². The second kappa shape index (κ2) is 10.3. The Hall–Kier alpha value is -4.52. The minimum atomic E-state index is -0.432. The first-order valence-corrected chi connectivity index (χ1v) is 13.2. The highest BCUT2D eigenvalue weighted by Gasteiger charge is 2.35. The minimum absolute atomic E-state index is 0.241. The summed E-state index contributed by atoms with van der Waals surface area (Å²) in [5, 5.41) is 17.9. The molecule has 0 saturated carbocycles. The van der Waals surface area contributed by atoms with Gasteiger partial charge >= 0.3 is 6.03 Å². The SMILES string of the molecule is CNc1ccc(NC(=O)c2ccc(-c3[nH]nc4c3C(=O)c3c(NC(=O)NN5CCOCC5)cccc3-4)s2)cc1. The van der Waals surface area contributed by atoms with E-state index in [-0.39, 0.29) is 11.7 Å². The lowest BCUT2D eigenvalue weighted by molar-refractivity contribution is 0.0207. The Balaban J connectivity index is 1.21. The molecule has 3 heterocycles. The van der Waals surface area contributed by atoms with Crippen molar-refractivity contribution in [3.63, 3.8) is 0 Å². The van der Waals surface area contributed by atoms with Gasteiger partial charge in [0, 0.05) is 37.1 Å². The van der Waals surface area contributed by atoms with Gasteiger partial charge in [-0.1, -0.05) is 12.1 Å². The summed E-state index contributed by atoms with van der Waals surface area (Å²) in [5.74, 6) is -0.484. The number of fused-ring (bicyclic) bond motifs is 3. The molecule has 198 valence electrons. The molecule has 2 aromatic heterocycles. The highest BCUT2D eigenvalue weighted by Crippen LogP contribution is 2.44. The fraction of sp³-hybridized carbons (Fsp3) is 0.185. The lowest BCUT2D eigenvalue weighted by Crippen LogP contribution is -2.49. The topological polar surface area (TPSA) is 140 Å². The number of ketones is 1. The predicted molar refractivity (Wildman–Crippen MR) is 149 cm³/mol. The Morgan fingerprint density at radius 1 is 0.974 bits per heavy atom. The number of aromatic amines is 1. The summed E-state index contributed by atoms with van der Waals surface area (Å²) < 4.78 is 5.31. The molecule has 1 aliphatic carbocycles. The van der Waals surface area contributed by atoms with Crippen LogP contribution in [0.2, 0.25) is 0 Å². The van der Waals surface area contributed by atoms with Crippen LogP contribution in [0.3, 0.4) is 0 Å². The molecular formula is C27H25N7O4S. The van der Waals surface area contributed by atoms with Gasteiger partial charge in [0.25, 0.3) is 5.91 Å². The number of carbonyl (C=O) groups excluding carboxylic acids is 3. The molecule has 2 aromatic carbocycles. The third-order valence-electron chi connectivity index (χ3n) is 6.57. The first-order valence-electron chi connectivity index (χ1n) is 12.4. The quantitative estimate of drug-likeness (QED) is 0.218. The third-order valence-corrected chi connectivity index (χ3v) is 7.67. The zero-order valence-electron chi connectivity index (χ0n) is 21.0. The third kappa shape index (κ3) is 4.76. The maximum atomic E-state index is 13.6. The van der Waals surface area contributed by atoms with Gasteiger partial charge in [-0.25, -0.2) is 9.80 Å². The second-order valence-corrected chi connectivity index (χ2v) is 10.1. The average molecular weight is 544 g/mol. The van der Waals surface area contributed by atoms with Crippen LogP contribution in [0.1, 0.15) is 25.6 Å². The highest BCUT2D eigenvalue weighted by molar-refractivity contribution is 7.17. The van der Waals surface area contributed by atoms with Gasteiger partial charge < -0.3 is 20.7 Å². The number of benzene rings is 2. The lowest BCUT2D eigenvalue weighted by Gasteiger charge is -2.27. The van der Waals surface area contributed by atoms with Crippen LogP contribution >= 0.6 is 11.3 Å². The molecule has 5 N–H and O–H groups in total. The number of urea groups is 1. The summed E-state index contributed by atoms with van der Waals surface area (Å²) in [6.07, 6.45) is 0. The highest BCUT2D eigenvalue weighted by atomic mass is 32.1. The van der Waals surface area contributed by atoms with Crippen LogP contribution in [-0.2, 0) is 4.74 Å². The summed E-state index contributed by atoms with van der Waals surface area (Å²) >= 11 is 1.26. The van der Waals surface area contributed by atoms with E-state index in [9.17, 15) is 14.4 Å². The monoisotopic (exact) mass is 543 g/mol. The minimum Gasteiger partial charge on any atom is -0.388 e. The first kappa shape index (κ1) is 24.8. The number of rotatable bonds is 6. The van der Waals surface area contributed by atoms with Gasteiger partial charge in [-0.05, 0) is 42.5 Å². The second-order valence-electron chi connectivity index (χ2n) is 8.99. The number of nitrogens with one attached hydrogen (secondary N) is 5. The van der Waals surface area contributed by atoms with Gasteiger partial charge in [0.1, 0.15) is 5.69 Å². The fourth-order valence-corrected chi connectivity index (χ4v) is 5.54. The molecule has 0 radical (unpaired) electrons. The van der Waals surface area contributed by atoms with Crippen LogP contribution < -0.4 is 21.4 Å². The smallest absolute Gasteiger partial charge is 0.333 e. The Morgan fingerprint density at radius 3 is 2.51 bits per heavy atom. The molecule has 1 saturated heterocycles. The molecule has 1 fully saturated rings. The van der Waals surface area contributed by atoms with Gasteiger partial charge in [0.15, 0.2) is 5.78 Å². The molecule has 1 aliphatic heterocycles. The van der Waals surface area contributed by atoms with E-state index in [0.29, 0.717) is 75.5 Å². The molecule has 4 aromatic rings. The van der Waals surface area contributed by atoms with Crippen LogP contribution in [0.15, 0.2) is 54.6 Å². The van der Waals surface area contributed by atoms with Gasteiger partial charge in [-0.3, -0.25) is 20.1 Å². The number of aromatic nitrogens is 2. The summed E-state index contributed by atoms with van der Waals surface area (Å²) in [4.78, 5) is 40.3. The number of amides is 3. The molecule has 2 aliphatic rings. The van der Waals surface area contributed by atoms with Crippen molar-refractivity contribution in [3.8, 4) is 21.8 Å². The van der Waals surface area contributed by atoms with Crippen molar-refractivity contribution in [2.45, 2.75) is 0 Å². The standard InChI is InChI=1S/C27H25N7O4S/c1-28-15-5-7-16(8-6-15)29-26(36)20-10-9-19(39-20)24-22-23(31-32-24)17-3-2-4-18(21(17)25(22)35)30-27(37)33-34-11-13-38-14-12-34/h2-10,28H,11-14H2,1H3,(H,29,36)(H,31,32)(H2,30,33,37). The van der Waals surface area contributed by atoms with Crippen LogP contribution in [0, 0.1) is 0 Å². The van der Waals surface area contributed by atoms with E-state index in [1.807, 2.05) is 31.3 Å². The number of morpholine rings is 1. The molecule has 12 heteroatoms. The number of ether oxygens (including phenoxy) is 1. The van der Waals surface area contributed by atoms with Crippen LogP contribution in [0.5, 0.6) is 0 Å². The van der Waals surface area contributed by atoms with Crippen molar-refractivity contribution in [1.82, 2.24) is 20.6 Å². The molecule has 11 nitrogen and oxygen atoms in total.